The topological polar surface area (TPSA) is 146 Å². The second kappa shape index (κ2) is 8.94. The molecule has 1 aliphatic rings. The summed E-state index contributed by atoms with van der Waals surface area (Å²) >= 11 is 0. The molecule has 1 unspecified atom stereocenters. The number of carboxylic acids is 1. The molecule has 5 rings (SSSR count). The lowest BCUT2D eigenvalue weighted by atomic mass is 10.1. The number of amides is 1. The zero-order chi connectivity index (χ0) is 23.7. The Kier molecular flexibility index (Phi) is 5.68. The molecule has 2 aromatic carbocycles. The molecule has 174 valence electrons. The van der Waals surface area contributed by atoms with Gasteiger partial charge < -0.3 is 29.5 Å². The third kappa shape index (κ3) is 4.20. The van der Waals surface area contributed by atoms with E-state index in [2.05, 4.69) is 25.5 Å². The summed E-state index contributed by atoms with van der Waals surface area (Å²) in [7, 11) is 1.55. The van der Waals surface area contributed by atoms with E-state index in [1.54, 1.807) is 24.1 Å². The van der Waals surface area contributed by atoms with Gasteiger partial charge in [-0.1, -0.05) is 12.1 Å². The van der Waals surface area contributed by atoms with Gasteiger partial charge in [0.05, 0.1) is 24.1 Å². The summed E-state index contributed by atoms with van der Waals surface area (Å²) in [4.78, 5) is 33.5. The average Bonchev–Trinajstić information content (AvgIpc) is 3.46. The van der Waals surface area contributed by atoms with Crippen molar-refractivity contribution in [2.24, 2.45) is 0 Å². The second-order valence-corrected chi connectivity index (χ2v) is 7.93. The predicted molar refractivity (Wildman–Crippen MR) is 122 cm³/mol. The lowest BCUT2D eigenvalue weighted by Gasteiger charge is -2.23. The fourth-order valence-electron chi connectivity index (χ4n) is 3.95. The lowest BCUT2D eigenvalue weighted by Crippen LogP contribution is -2.42. The van der Waals surface area contributed by atoms with Crippen LogP contribution in [0.1, 0.15) is 12.0 Å². The first kappa shape index (κ1) is 21.6. The molecular formula is C23H22N6O5. The van der Waals surface area contributed by atoms with Crippen molar-refractivity contribution in [3.63, 3.8) is 0 Å². The molecule has 1 atom stereocenters. The number of aromatic amines is 1. The maximum atomic E-state index is 12.9. The number of rotatable bonds is 7. The zero-order valence-electron chi connectivity index (χ0n) is 18.3. The summed E-state index contributed by atoms with van der Waals surface area (Å²) in [5.41, 5.74) is 3.82. The average molecular weight is 462 g/mol. The Bertz CT molecular complexity index is 1330. The summed E-state index contributed by atoms with van der Waals surface area (Å²) in [5.74, 6) is -0.301. The third-order valence-electron chi connectivity index (χ3n) is 5.61. The molecule has 1 amide bonds. The summed E-state index contributed by atoms with van der Waals surface area (Å²) in [6.07, 6.45) is -0.325. The van der Waals surface area contributed by atoms with Gasteiger partial charge in [0.25, 0.3) is 5.89 Å². The Morgan fingerprint density at radius 3 is 2.85 bits per heavy atom. The first-order valence-electron chi connectivity index (χ1n) is 10.7. The molecule has 34 heavy (non-hydrogen) atoms. The first-order chi connectivity index (χ1) is 16.5. The van der Waals surface area contributed by atoms with Crippen molar-refractivity contribution >= 4 is 28.6 Å². The maximum absolute atomic E-state index is 12.9. The van der Waals surface area contributed by atoms with Crippen molar-refractivity contribution < 1.29 is 23.8 Å². The minimum absolute atomic E-state index is 0.262. The fourth-order valence-corrected chi connectivity index (χ4v) is 3.95. The van der Waals surface area contributed by atoms with E-state index in [1.807, 2.05) is 30.3 Å². The molecule has 0 radical (unpaired) electrons. The highest BCUT2D eigenvalue weighted by Crippen LogP contribution is 2.30. The SMILES string of the molecule is COCCN1Cc2cc(-c3nnc(-c4nc5ccccc5[nH]4)o3)ccc2NC(CC(=O)O)C1=O. The van der Waals surface area contributed by atoms with Crippen molar-refractivity contribution in [1.29, 1.82) is 0 Å². The van der Waals surface area contributed by atoms with E-state index in [0.717, 1.165) is 16.6 Å². The number of aromatic nitrogens is 4. The van der Waals surface area contributed by atoms with E-state index in [9.17, 15) is 14.7 Å². The number of H-pyrrole nitrogens is 1. The van der Waals surface area contributed by atoms with Crippen LogP contribution in [0.5, 0.6) is 0 Å². The van der Waals surface area contributed by atoms with Gasteiger partial charge in [-0.05, 0) is 35.9 Å². The molecule has 2 aromatic heterocycles. The highest BCUT2D eigenvalue weighted by molar-refractivity contribution is 5.90. The molecule has 3 N–H and O–H groups in total. The molecule has 1 aliphatic heterocycles. The second-order valence-electron chi connectivity index (χ2n) is 7.93. The number of methoxy groups -OCH3 is 1. The molecule has 0 saturated heterocycles. The highest BCUT2D eigenvalue weighted by atomic mass is 16.5. The van der Waals surface area contributed by atoms with Gasteiger partial charge in [0, 0.05) is 31.5 Å². The van der Waals surface area contributed by atoms with Crippen LogP contribution in [-0.4, -0.2) is 68.4 Å². The van der Waals surface area contributed by atoms with Crippen molar-refractivity contribution in [1.82, 2.24) is 25.1 Å². The van der Waals surface area contributed by atoms with Gasteiger partial charge in [0.2, 0.25) is 11.8 Å². The molecule has 0 spiro atoms. The molecule has 11 nitrogen and oxygen atoms in total. The summed E-state index contributed by atoms with van der Waals surface area (Å²) in [6, 6.07) is 12.2. The first-order valence-corrected chi connectivity index (χ1v) is 10.7. The van der Waals surface area contributed by atoms with Gasteiger partial charge in [-0.15, -0.1) is 10.2 Å². The standard InChI is InChI=1S/C23H22N6O5/c1-33-9-8-29-12-14-10-13(6-7-15(14)24-18(23(29)32)11-19(30)31)21-27-28-22(34-21)20-25-16-4-2-3-5-17(16)26-20/h2-7,10,18,24H,8-9,11-12H2,1H3,(H,25,26)(H,30,31). The largest absolute Gasteiger partial charge is 0.481 e. The van der Waals surface area contributed by atoms with Crippen LogP contribution in [0, 0.1) is 0 Å². The normalized spacial score (nSPS) is 15.7. The van der Waals surface area contributed by atoms with E-state index in [1.165, 1.54) is 0 Å². The van der Waals surface area contributed by atoms with Gasteiger partial charge in [-0.3, -0.25) is 9.59 Å². The Hall–Kier alpha value is -4.25. The Labute approximate surface area is 193 Å². The van der Waals surface area contributed by atoms with E-state index in [4.69, 9.17) is 9.15 Å². The number of benzene rings is 2. The predicted octanol–water partition coefficient (Wildman–Crippen LogP) is 2.52. The number of hydrogen-bond donors (Lipinski definition) is 3. The molecule has 0 saturated carbocycles. The van der Waals surface area contributed by atoms with Crippen LogP contribution in [0.15, 0.2) is 46.9 Å². The third-order valence-corrected chi connectivity index (χ3v) is 5.61. The quantitative estimate of drug-likeness (QED) is 0.377. The number of nitrogens with one attached hydrogen (secondary N) is 2. The number of imidazole rings is 1. The number of ether oxygens (including phenoxy) is 1. The number of carboxylic acid groups (broad SMARTS) is 1. The maximum Gasteiger partial charge on any atom is 0.305 e. The smallest absolute Gasteiger partial charge is 0.305 e. The van der Waals surface area contributed by atoms with Crippen LogP contribution in [-0.2, 0) is 20.9 Å². The number of anilines is 1. The molecular weight excluding hydrogens is 440 g/mol. The summed E-state index contributed by atoms with van der Waals surface area (Å²) in [5, 5.41) is 20.6. The summed E-state index contributed by atoms with van der Waals surface area (Å²) < 4.78 is 11.0. The van der Waals surface area contributed by atoms with Crippen molar-refractivity contribution in [3.8, 4) is 23.2 Å². The lowest BCUT2D eigenvalue weighted by molar-refractivity contribution is -0.141. The fraction of sp³-hybridized carbons (Fsp3) is 0.261. The number of carbonyl (C=O) groups is 2. The minimum atomic E-state index is -1.05. The van der Waals surface area contributed by atoms with E-state index < -0.39 is 12.0 Å². The van der Waals surface area contributed by atoms with Crippen molar-refractivity contribution in [2.45, 2.75) is 19.0 Å². The molecule has 0 fully saturated rings. The number of nitrogens with zero attached hydrogens (tertiary/aromatic N) is 4. The summed E-state index contributed by atoms with van der Waals surface area (Å²) in [6.45, 7) is 0.970. The molecule has 0 aliphatic carbocycles. The minimum Gasteiger partial charge on any atom is -0.481 e. The Morgan fingerprint density at radius 2 is 2.06 bits per heavy atom. The Morgan fingerprint density at radius 1 is 1.24 bits per heavy atom. The Balaban J connectivity index is 1.45. The number of para-hydroxylation sites is 2. The van der Waals surface area contributed by atoms with Crippen LogP contribution in [0.25, 0.3) is 34.2 Å². The number of aliphatic carboxylic acids is 1. The highest BCUT2D eigenvalue weighted by Gasteiger charge is 2.31. The van der Waals surface area contributed by atoms with Gasteiger partial charge >= 0.3 is 5.97 Å². The number of hydrogen-bond acceptors (Lipinski definition) is 8. The number of carbonyl (C=O) groups excluding carboxylic acids is 1. The van der Waals surface area contributed by atoms with E-state index in [-0.39, 0.29) is 18.2 Å². The van der Waals surface area contributed by atoms with Crippen molar-refractivity contribution in [2.75, 3.05) is 25.6 Å². The van der Waals surface area contributed by atoms with Crippen LogP contribution in [0.2, 0.25) is 0 Å². The molecule has 4 aromatic rings. The van der Waals surface area contributed by atoms with Gasteiger partial charge in [0.15, 0.2) is 5.82 Å². The molecule has 0 bridgehead atoms. The van der Waals surface area contributed by atoms with E-state index >= 15 is 0 Å². The monoisotopic (exact) mass is 462 g/mol. The van der Waals surface area contributed by atoms with Crippen LogP contribution in [0.3, 0.4) is 0 Å². The van der Waals surface area contributed by atoms with Gasteiger partial charge in [-0.2, -0.15) is 0 Å². The van der Waals surface area contributed by atoms with Crippen LogP contribution < -0.4 is 5.32 Å². The zero-order valence-corrected chi connectivity index (χ0v) is 18.3. The van der Waals surface area contributed by atoms with Crippen LogP contribution in [0.4, 0.5) is 5.69 Å². The van der Waals surface area contributed by atoms with E-state index in [0.29, 0.717) is 42.7 Å². The number of fused-ring (bicyclic) bond motifs is 2. The molecule has 3 heterocycles. The van der Waals surface area contributed by atoms with Gasteiger partial charge in [0.1, 0.15) is 6.04 Å². The van der Waals surface area contributed by atoms with Crippen molar-refractivity contribution in [3.05, 3.63) is 48.0 Å². The van der Waals surface area contributed by atoms with Crippen LogP contribution >= 0.6 is 0 Å². The molecule has 11 heteroatoms. The van der Waals surface area contributed by atoms with Gasteiger partial charge in [-0.25, -0.2) is 4.98 Å².